The van der Waals surface area contributed by atoms with Crippen molar-refractivity contribution in [3.05, 3.63) is 40.6 Å². The summed E-state index contributed by atoms with van der Waals surface area (Å²) < 4.78 is 12.0. The number of carbonyl (C=O) groups excluding carboxylic acids is 2. The van der Waals surface area contributed by atoms with Crippen LogP contribution in [0.25, 0.3) is 0 Å². The van der Waals surface area contributed by atoms with E-state index in [1.807, 2.05) is 18.7 Å². The topological polar surface area (TPSA) is 162 Å². The second kappa shape index (κ2) is 13.0. The zero-order valence-electron chi connectivity index (χ0n) is 21.1. The first-order chi connectivity index (χ1) is 17.6. The van der Waals surface area contributed by atoms with Gasteiger partial charge in [0.1, 0.15) is 24.8 Å². The lowest BCUT2D eigenvalue weighted by atomic mass is 9.86. The Bertz CT molecular complexity index is 1110. The monoisotopic (exact) mass is 536 g/mol. The summed E-state index contributed by atoms with van der Waals surface area (Å²) in [7, 11) is 1.54. The van der Waals surface area contributed by atoms with Crippen LogP contribution in [0.4, 0.5) is 5.82 Å². The van der Waals surface area contributed by atoms with Gasteiger partial charge in [-0.15, -0.1) is 0 Å². The number of methoxy groups -OCH3 is 1. The number of imidazole rings is 1. The fourth-order valence-electron chi connectivity index (χ4n) is 4.52. The molecule has 0 aromatic carbocycles. The number of nitrogens with two attached hydrogens (primary N) is 1. The van der Waals surface area contributed by atoms with E-state index < -0.39 is 23.8 Å². The maximum absolute atomic E-state index is 12.9. The molecule has 2 atom stereocenters. The summed E-state index contributed by atoms with van der Waals surface area (Å²) in [4.78, 5) is 48.2. The molecule has 2 aromatic rings. The number of primary amides is 1. The molecule has 0 radical (unpaired) electrons. The van der Waals surface area contributed by atoms with Crippen molar-refractivity contribution in [2.75, 3.05) is 32.2 Å². The predicted octanol–water partition coefficient (Wildman–Crippen LogP) is 1.87. The molecule has 202 valence electrons. The second-order valence-electron chi connectivity index (χ2n) is 9.08. The third kappa shape index (κ3) is 7.25. The minimum atomic E-state index is -1.23. The summed E-state index contributed by atoms with van der Waals surface area (Å²) in [5, 5.41) is 13.2. The van der Waals surface area contributed by atoms with Gasteiger partial charge in [0.15, 0.2) is 5.69 Å². The maximum atomic E-state index is 12.9. The Morgan fingerprint density at radius 3 is 2.65 bits per heavy atom. The first kappa shape index (κ1) is 28.5. The molecule has 1 aliphatic heterocycles. The van der Waals surface area contributed by atoms with E-state index in [4.69, 9.17) is 26.8 Å². The van der Waals surface area contributed by atoms with Crippen LogP contribution >= 0.6 is 11.6 Å². The zero-order valence-corrected chi connectivity index (χ0v) is 21.9. The average Bonchev–Trinajstić information content (AvgIpc) is 3.20. The highest BCUT2D eigenvalue weighted by atomic mass is 35.5. The molecule has 2 aromatic heterocycles. The molecule has 0 saturated carbocycles. The maximum Gasteiger partial charge on any atom is 0.354 e. The van der Waals surface area contributed by atoms with Crippen LogP contribution in [-0.4, -0.2) is 81.3 Å². The van der Waals surface area contributed by atoms with Gasteiger partial charge in [-0.3, -0.25) is 14.5 Å². The van der Waals surface area contributed by atoms with Crippen molar-refractivity contribution in [3.8, 4) is 0 Å². The fraction of sp³-hybridized carbons (Fsp3) is 0.542. The Balaban J connectivity index is 1.93. The number of anilines is 1. The largest absolute Gasteiger partial charge is 0.477 e. The SMILES string of the molecule is COCCOCc1nc(C2CCN(C(C)C)C(C(N)=O)C2)c(C(=O)O)n1CC(=O)Nc1ccc(Cl)cn1. The van der Waals surface area contributed by atoms with Gasteiger partial charge in [-0.05, 0) is 45.4 Å². The lowest BCUT2D eigenvalue weighted by molar-refractivity contribution is -0.125. The molecule has 4 N–H and O–H groups in total. The number of nitrogens with one attached hydrogen (secondary N) is 1. The van der Waals surface area contributed by atoms with Crippen LogP contribution in [0.2, 0.25) is 5.02 Å². The molecular formula is C24H33ClN6O6. The first-order valence-electron chi connectivity index (χ1n) is 12.0. The number of carboxylic acids is 1. The van der Waals surface area contributed by atoms with Crippen LogP contribution in [0, 0.1) is 0 Å². The minimum absolute atomic E-state index is 0.0276. The van der Waals surface area contributed by atoms with E-state index in [1.165, 1.54) is 10.8 Å². The van der Waals surface area contributed by atoms with Crippen molar-refractivity contribution in [2.45, 2.75) is 57.8 Å². The fourth-order valence-corrected chi connectivity index (χ4v) is 4.63. The summed E-state index contributed by atoms with van der Waals surface area (Å²) in [5.41, 5.74) is 5.88. The summed E-state index contributed by atoms with van der Waals surface area (Å²) in [6, 6.07) is 2.67. The molecule has 1 aliphatic rings. The first-order valence-corrected chi connectivity index (χ1v) is 12.4. The molecule has 0 spiro atoms. The number of carbonyl (C=O) groups is 3. The highest BCUT2D eigenvalue weighted by Crippen LogP contribution is 2.34. The number of ether oxygens (including phenoxy) is 2. The normalized spacial score (nSPS) is 18.2. The third-order valence-corrected chi connectivity index (χ3v) is 6.48. The van der Waals surface area contributed by atoms with E-state index in [-0.39, 0.29) is 49.1 Å². The van der Waals surface area contributed by atoms with Gasteiger partial charge in [0, 0.05) is 25.3 Å². The third-order valence-electron chi connectivity index (χ3n) is 6.26. The number of amides is 2. The van der Waals surface area contributed by atoms with Gasteiger partial charge < -0.3 is 30.2 Å². The van der Waals surface area contributed by atoms with Crippen LogP contribution in [0.3, 0.4) is 0 Å². The van der Waals surface area contributed by atoms with Gasteiger partial charge >= 0.3 is 5.97 Å². The van der Waals surface area contributed by atoms with Gasteiger partial charge in [-0.2, -0.15) is 0 Å². The molecular weight excluding hydrogens is 504 g/mol. The van der Waals surface area contributed by atoms with Crippen LogP contribution in [0.1, 0.15) is 54.6 Å². The van der Waals surface area contributed by atoms with E-state index in [0.717, 1.165) is 0 Å². The Labute approximate surface area is 220 Å². The molecule has 2 unspecified atom stereocenters. The van der Waals surface area contributed by atoms with Crippen molar-refractivity contribution in [2.24, 2.45) is 5.73 Å². The smallest absolute Gasteiger partial charge is 0.354 e. The van der Waals surface area contributed by atoms with Crippen LogP contribution in [0.15, 0.2) is 18.3 Å². The summed E-state index contributed by atoms with van der Waals surface area (Å²) in [6.07, 6.45) is 2.31. The molecule has 37 heavy (non-hydrogen) atoms. The van der Waals surface area contributed by atoms with Gasteiger partial charge in [0.05, 0.1) is 30.0 Å². The summed E-state index contributed by atoms with van der Waals surface area (Å²) in [6.45, 7) is 4.78. The van der Waals surface area contributed by atoms with Crippen LogP contribution < -0.4 is 11.1 Å². The number of carboxylic acid groups (broad SMARTS) is 1. The number of aromatic nitrogens is 3. The number of halogens is 1. The number of pyridine rings is 1. The van der Waals surface area contributed by atoms with Gasteiger partial charge in [0.25, 0.3) is 0 Å². The Morgan fingerprint density at radius 1 is 1.30 bits per heavy atom. The Hall–Kier alpha value is -3.06. The van der Waals surface area contributed by atoms with E-state index >= 15 is 0 Å². The number of aromatic carboxylic acids is 1. The number of hydrogen-bond acceptors (Lipinski definition) is 8. The number of hydrogen-bond donors (Lipinski definition) is 3. The van der Waals surface area contributed by atoms with Gasteiger partial charge in [-0.25, -0.2) is 14.8 Å². The number of likely N-dealkylation sites (tertiary alicyclic amines) is 1. The predicted molar refractivity (Wildman–Crippen MR) is 135 cm³/mol. The quantitative estimate of drug-likeness (QED) is 0.344. The molecule has 2 amide bonds. The highest BCUT2D eigenvalue weighted by Gasteiger charge is 2.38. The van der Waals surface area contributed by atoms with Crippen LogP contribution in [-0.2, 0) is 32.2 Å². The van der Waals surface area contributed by atoms with E-state index in [2.05, 4.69) is 15.3 Å². The van der Waals surface area contributed by atoms with Crippen LogP contribution in [0.5, 0.6) is 0 Å². The van der Waals surface area contributed by atoms with E-state index in [9.17, 15) is 19.5 Å². The van der Waals surface area contributed by atoms with Gasteiger partial charge in [-0.1, -0.05) is 11.6 Å². The lowest BCUT2D eigenvalue weighted by Gasteiger charge is -2.39. The highest BCUT2D eigenvalue weighted by molar-refractivity contribution is 6.30. The average molecular weight is 537 g/mol. The molecule has 3 heterocycles. The molecule has 13 heteroatoms. The minimum Gasteiger partial charge on any atom is -0.477 e. The summed E-state index contributed by atoms with van der Waals surface area (Å²) >= 11 is 5.85. The number of nitrogens with zero attached hydrogens (tertiary/aromatic N) is 4. The lowest BCUT2D eigenvalue weighted by Crippen LogP contribution is -2.52. The van der Waals surface area contributed by atoms with Crippen molar-refractivity contribution < 1.29 is 29.0 Å². The molecule has 0 bridgehead atoms. The standard InChI is InChI=1S/C24H33ClN6O6/c1-14(2)30-7-6-15(10-17(30)23(26)33)21-22(24(34)35)31(19(29-21)13-37-9-8-36-3)12-20(32)28-18-5-4-16(25)11-27-18/h4-5,11,14-15,17H,6-10,12-13H2,1-3H3,(H2,26,33)(H,34,35)(H,27,28,32). The zero-order chi connectivity index (χ0) is 27.1. The molecule has 1 saturated heterocycles. The van der Waals surface area contributed by atoms with Crippen molar-refractivity contribution >= 4 is 35.2 Å². The Kier molecular flexibility index (Phi) is 9.98. The molecule has 3 rings (SSSR count). The van der Waals surface area contributed by atoms with Crippen molar-refractivity contribution in [3.63, 3.8) is 0 Å². The molecule has 1 fully saturated rings. The van der Waals surface area contributed by atoms with E-state index in [0.29, 0.717) is 36.7 Å². The molecule has 0 aliphatic carbocycles. The molecule has 12 nitrogen and oxygen atoms in total. The number of piperidine rings is 1. The Morgan fingerprint density at radius 2 is 2.05 bits per heavy atom. The number of rotatable bonds is 12. The van der Waals surface area contributed by atoms with Gasteiger partial charge in [0.2, 0.25) is 11.8 Å². The van der Waals surface area contributed by atoms with E-state index in [1.54, 1.807) is 19.2 Å². The van der Waals surface area contributed by atoms with Crippen molar-refractivity contribution in [1.29, 1.82) is 0 Å². The second-order valence-corrected chi connectivity index (χ2v) is 9.52. The van der Waals surface area contributed by atoms with Crippen molar-refractivity contribution in [1.82, 2.24) is 19.4 Å². The summed E-state index contributed by atoms with van der Waals surface area (Å²) in [5.74, 6) is -1.97.